The van der Waals surface area contributed by atoms with E-state index in [0.29, 0.717) is 6.04 Å². The van der Waals surface area contributed by atoms with Crippen molar-refractivity contribution in [1.82, 2.24) is 4.48 Å². The van der Waals surface area contributed by atoms with Gasteiger partial charge in [0.1, 0.15) is 5.69 Å². The topological polar surface area (TPSA) is 40.9 Å². The molecule has 134 valence electrons. The summed E-state index contributed by atoms with van der Waals surface area (Å²) in [7, 11) is 0. The van der Waals surface area contributed by atoms with E-state index < -0.39 is 0 Å². The van der Waals surface area contributed by atoms with Gasteiger partial charge in [-0.3, -0.25) is 9.28 Å². The van der Waals surface area contributed by atoms with Crippen LogP contribution in [0.15, 0.2) is 54.6 Å². The first-order chi connectivity index (χ1) is 12.6. The van der Waals surface area contributed by atoms with Gasteiger partial charge in [-0.05, 0) is 37.1 Å². The van der Waals surface area contributed by atoms with Gasteiger partial charge in [0.25, 0.3) is 0 Å². The van der Waals surface area contributed by atoms with E-state index in [2.05, 4.69) is 31.7 Å². The first-order valence-electron chi connectivity index (χ1n) is 9.19. The first kappa shape index (κ1) is 18.6. The van der Waals surface area contributed by atoms with Gasteiger partial charge >= 0.3 is 0 Å². The fraction of sp³-hybridized carbons (Fsp3) is 0.364. The van der Waals surface area contributed by atoms with Crippen LogP contribution in [-0.2, 0) is 12.6 Å². The van der Waals surface area contributed by atoms with E-state index in [9.17, 15) is 4.79 Å². The van der Waals surface area contributed by atoms with Gasteiger partial charge in [-0.15, -0.1) is 0 Å². The Morgan fingerprint density at radius 1 is 1.04 bits per heavy atom. The molecule has 0 radical (unpaired) electrons. The van der Waals surface area contributed by atoms with Gasteiger partial charge in [0.05, 0.1) is 19.1 Å². The second-order valence-electron chi connectivity index (χ2n) is 7.34. The molecule has 3 heterocycles. The highest BCUT2D eigenvalue weighted by atomic mass is 32.1. The Labute approximate surface area is 161 Å². The minimum absolute atomic E-state index is 0.113. The van der Waals surface area contributed by atoms with Crippen molar-refractivity contribution >= 4 is 24.1 Å². The van der Waals surface area contributed by atoms with Gasteiger partial charge < -0.3 is 12.6 Å². The van der Waals surface area contributed by atoms with Crippen LogP contribution < -0.4 is 4.48 Å². The molecule has 26 heavy (non-hydrogen) atoms. The van der Waals surface area contributed by atoms with Crippen LogP contribution in [0.2, 0.25) is 0 Å². The lowest BCUT2D eigenvalue weighted by atomic mass is 9.80. The highest BCUT2D eigenvalue weighted by Crippen LogP contribution is 2.42. The number of quaternary nitrogens is 1. The summed E-state index contributed by atoms with van der Waals surface area (Å²) in [5, 5.41) is 8.47. The van der Waals surface area contributed by atoms with Crippen LogP contribution in [-0.4, -0.2) is 24.9 Å². The molecule has 2 aromatic carbocycles. The number of piperidine rings is 3. The van der Waals surface area contributed by atoms with Crippen LogP contribution in [0.3, 0.4) is 0 Å². The van der Waals surface area contributed by atoms with E-state index in [4.69, 9.17) is 5.26 Å². The summed E-state index contributed by atoms with van der Waals surface area (Å²) in [6.07, 6.45) is 4.06. The highest BCUT2D eigenvalue weighted by molar-refractivity contribution is 7.64. The smallest absolute Gasteiger partial charge is 0.193 e. The number of fused-ring (bicyclic) bond motifs is 3. The number of thiocyanates is 1. The molecule has 2 bridgehead atoms. The van der Waals surface area contributed by atoms with Crippen molar-refractivity contribution in [3.05, 3.63) is 65.7 Å². The van der Waals surface area contributed by atoms with Crippen molar-refractivity contribution in [3.63, 3.8) is 0 Å². The molecule has 3 aliphatic heterocycles. The lowest BCUT2D eigenvalue weighted by Crippen LogP contribution is -2.64. The average molecular weight is 365 g/mol. The first-order valence-corrected chi connectivity index (χ1v) is 9.60. The van der Waals surface area contributed by atoms with Gasteiger partial charge in [0, 0.05) is 30.4 Å². The van der Waals surface area contributed by atoms with E-state index in [1.165, 1.54) is 43.4 Å². The number of hydrogen-bond donors (Lipinski definition) is 0. The molecule has 3 nitrogen and oxygen atoms in total. The summed E-state index contributed by atoms with van der Waals surface area (Å²) in [5.74, 6) is 1.06. The summed E-state index contributed by atoms with van der Waals surface area (Å²) in [6.45, 7) is 4.92. The van der Waals surface area contributed by atoms with E-state index in [0.717, 1.165) is 21.5 Å². The molecule has 1 unspecified atom stereocenters. The number of ketones is 1. The fourth-order valence-corrected chi connectivity index (χ4v) is 4.62. The third-order valence-electron chi connectivity index (χ3n) is 6.07. The van der Waals surface area contributed by atoms with Crippen molar-refractivity contribution in [3.8, 4) is 5.40 Å². The van der Waals surface area contributed by atoms with Gasteiger partial charge in [0.2, 0.25) is 0 Å². The van der Waals surface area contributed by atoms with Gasteiger partial charge in [-0.1, -0.05) is 35.7 Å². The zero-order chi connectivity index (χ0) is 18.6. The lowest BCUT2D eigenvalue weighted by Gasteiger charge is -2.53. The molecule has 1 atom stereocenters. The molecule has 0 aromatic heterocycles. The molecule has 0 N–H and O–H groups in total. The molecule has 5 rings (SSSR count). The number of rotatable bonds is 3. The van der Waals surface area contributed by atoms with Crippen LogP contribution in [0, 0.1) is 16.6 Å². The molecule has 0 amide bonds. The number of benzene rings is 2. The van der Waals surface area contributed by atoms with Gasteiger partial charge in [-0.2, -0.15) is 0 Å². The SMILES string of the molecule is CC1CC2CC[N+]1(c1ccc(C(=O)c3ccccc3)cc1)CC2.N#C[S-]. The van der Waals surface area contributed by atoms with Crippen molar-refractivity contribution in [2.24, 2.45) is 5.92 Å². The Bertz CT molecular complexity index is 787. The number of carbonyl (C=O) groups is 1. The molecule has 4 heteroatoms. The maximum Gasteiger partial charge on any atom is 0.193 e. The summed E-state index contributed by atoms with van der Waals surface area (Å²) in [6, 6.07) is 18.7. The minimum atomic E-state index is 0.113. The number of nitrogens with zero attached hydrogens (tertiary/aromatic N) is 2. The lowest BCUT2D eigenvalue weighted by molar-refractivity contribution is 0.0639. The Kier molecular flexibility index (Phi) is 5.70. The molecule has 3 saturated heterocycles. The molecule has 2 aromatic rings. The van der Waals surface area contributed by atoms with Crippen LogP contribution in [0.5, 0.6) is 0 Å². The zero-order valence-corrected chi connectivity index (χ0v) is 15.9. The van der Waals surface area contributed by atoms with Gasteiger partial charge in [0.15, 0.2) is 5.78 Å². The second kappa shape index (κ2) is 7.99. The number of nitriles is 1. The molecule has 3 aliphatic rings. The Morgan fingerprint density at radius 2 is 1.58 bits per heavy atom. The third-order valence-corrected chi connectivity index (χ3v) is 6.07. The van der Waals surface area contributed by atoms with Crippen LogP contribution in [0.4, 0.5) is 5.69 Å². The van der Waals surface area contributed by atoms with E-state index in [1.807, 2.05) is 42.5 Å². The van der Waals surface area contributed by atoms with Crippen LogP contribution in [0.1, 0.15) is 42.1 Å². The monoisotopic (exact) mass is 364 g/mol. The maximum absolute atomic E-state index is 12.6. The van der Waals surface area contributed by atoms with E-state index in [1.54, 1.807) is 0 Å². The highest BCUT2D eigenvalue weighted by Gasteiger charge is 2.46. The number of carbonyl (C=O) groups excluding carboxylic acids is 1. The largest absolute Gasteiger partial charge is 0.696 e. The molecule has 0 aliphatic carbocycles. The van der Waals surface area contributed by atoms with E-state index >= 15 is 0 Å². The Morgan fingerprint density at radius 3 is 2.12 bits per heavy atom. The van der Waals surface area contributed by atoms with Crippen LogP contribution in [0.25, 0.3) is 0 Å². The van der Waals surface area contributed by atoms with Gasteiger partial charge in [-0.25, -0.2) is 5.26 Å². The standard InChI is InChI=1S/C21H24NO.CHNS/c1-16-15-17-11-13-22(16,14-12-17)20-9-7-19(8-10-20)21(23)18-5-3-2-4-6-18;2-1-3/h2-10,16-17H,11-15H2,1H3;3H/q+1;/p-1. The quantitative estimate of drug-likeness (QED) is 0.350. The van der Waals surface area contributed by atoms with Crippen molar-refractivity contribution in [1.29, 1.82) is 5.26 Å². The second-order valence-corrected chi connectivity index (χ2v) is 7.53. The van der Waals surface area contributed by atoms with Crippen molar-refractivity contribution < 1.29 is 4.79 Å². The van der Waals surface area contributed by atoms with Crippen LogP contribution >= 0.6 is 0 Å². The molecule has 3 fully saturated rings. The molecule has 0 spiro atoms. The predicted octanol–water partition coefficient (Wildman–Crippen LogP) is 4.44. The average Bonchev–Trinajstić information content (AvgIpc) is 2.70. The van der Waals surface area contributed by atoms with Crippen molar-refractivity contribution in [2.75, 3.05) is 13.1 Å². The zero-order valence-electron chi connectivity index (χ0n) is 15.1. The Balaban J connectivity index is 0.000000613. The minimum Gasteiger partial charge on any atom is -0.696 e. The number of hydrogen-bond acceptors (Lipinski definition) is 3. The summed E-state index contributed by atoms with van der Waals surface area (Å²) < 4.78 is 1.12. The molecule has 0 saturated carbocycles. The summed E-state index contributed by atoms with van der Waals surface area (Å²) >= 11 is 3.70. The maximum atomic E-state index is 12.6. The Hall–Kier alpha value is -2.22. The summed E-state index contributed by atoms with van der Waals surface area (Å²) in [4.78, 5) is 12.6. The molecular weight excluding hydrogens is 340 g/mol. The van der Waals surface area contributed by atoms with E-state index in [-0.39, 0.29) is 5.78 Å². The fourth-order valence-electron chi connectivity index (χ4n) is 4.62. The predicted molar refractivity (Wildman–Crippen MR) is 108 cm³/mol. The normalized spacial score (nSPS) is 26.3. The van der Waals surface area contributed by atoms with Crippen molar-refractivity contribution in [2.45, 2.75) is 32.2 Å². The molecular formula is C22H24N2OS. The third kappa shape index (κ3) is 3.51. The summed E-state index contributed by atoms with van der Waals surface area (Å²) in [5.41, 5.74) is 2.94.